The first-order valence-electron chi connectivity index (χ1n) is 9.85. The first-order valence-corrected chi connectivity index (χ1v) is 9.85. The highest BCUT2D eigenvalue weighted by molar-refractivity contribution is 5.44. The summed E-state index contributed by atoms with van der Waals surface area (Å²) in [4.78, 5) is 2.61. The molecule has 2 fully saturated rings. The molecule has 0 bridgehead atoms. The molecule has 128 valence electrons. The summed E-state index contributed by atoms with van der Waals surface area (Å²) in [5, 5.41) is 3.62. The number of likely N-dealkylation sites (tertiary alicyclic amines) is 1. The third-order valence-electron chi connectivity index (χ3n) is 5.71. The van der Waals surface area contributed by atoms with Crippen LogP contribution in [0.25, 0.3) is 0 Å². The van der Waals surface area contributed by atoms with Crippen LogP contribution in [0.3, 0.4) is 0 Å². The molecular formula is C21H34N2. The van der Waals surface area contributed by atoms with Crippen LogP contribution in [0.5, 0.6) is 0 Å². The smallest absolute Gasteiger partial charge is 0.0340 e. The molecule has 1 N–H and O–H groups in total. The molecule has 1 unspecified atom stereocenters. The lowest BCUT2D eigenvalue weighted by Crippen LogP contribution is -2.33. The zero-order valence-corrected chi connectivity index (χ0v) is 14.9. The summed E-state index contributed by atoms with van der Waals surface area (Å²) in [6.07, 6.45) is 11.4. The van der Waals surface area contributed by atoms with Crippen LogP contribution in [-0.2, 0) is 6.54 Å². The largest absolute Gasteiger partial charge is 0.385 e. The highest BCUT2D eigenvalue weighted by Crippen LogP contribution is 2.26. The summed E-state index contributed by atoms with van der Waals surface area (Å²) in [5.41, 5.74) is 2.74. The highest BCUT2D eigenvalue weighted by atomic mass is 15.1. The van der Waals surface area contributed by atoms with E-state index in [1.165, 1.54) is 75.7 Å². The van der Waals surface area contributed by atoms with E-state index in [0.29, 0.717) is 0 Å². The molecule has 0 radical (unpaired) electrons. The van der Waals surface area contributed by atoms with Crippen LogP contribution in [0.4, 0.5) is 5.69 Å². The fourth-order valence-electron chi connectivity index (χ4n) is 4.31. The third-order valence-corrected chi connectivity index (χ3v) is 5.71. The van der Waals surface area contributed by atoms with Crippen molar-refractivity contribution in [3.8, 4) is 0 Å². The molecule has 1 aliphatic carbocycles. The maximum absolute atomic E-state index is 3.62. The maximum atomic E-state index is 3.62. The minimum absolute atomic E-state index is 0.865. The Morgan fingerprint density at radius 2 is 1.78 bits per heavy atom. The Balaban J connectivity index is 1.39. The van der Waals surface area contributed by atoms with Crippen LogP contribution in [0.1, 0.15) is 63.9 Å². The predicted octanol–water partition coefficient (Wildman–Crippen LogP) is 5.30. The van der Waals surface area contributed by atoms with Gasteiger partial charge in [0.2, 0.25) is 0 Å². The second-order valence-electron chi connectivity index (χ2n) is 7.90. The van der Waals surface area contributed by atoms with E-state index in [1.54, 1.807) is 0 Å². The molecule has 0 aromatic heterocycles. The van der Waals surface area contributed by atoms with Crippen molar-refractivity contribution in [1.29, 1.82) is 0 Å². The molecular weight excluding hydrogens is 280 g/mol. The normalized spacial score (nSPS) is 23.8. The Hall–Kier alpha value is -1.02. The second-order valence-corrected chi connectivity index (χ2v) is 7.90. The van der Waals surface area contributed by atoms with Crippen LogP contribution >= 0.6 is 0 Å². The minimum Gasteiger partial charge on any atom is -0.385 e. The summed E-state index contributed by atoms with van der Waals surface area (Å²) in [6, 6.07) is 9.15. The van der Waals surface area contributed by atoms with Gasteiger partial charge in [-0.05, 0) is 55.3 Å². The molecule has 0 amide bonds. The van der Waals surface area contributed by atoms with Crippen LogP contribution in [0, 0.1) is 11.8 Å². The molecule has 1 atom stereocenters. The van der Waals surface area contributed by atoms with Crippen molar-refractivity contribution in [3.05, 3.63) is 29.8 Å². The van der Waals surface area contributed by atoms with Crippen molar-refractivity contribution in [2.24, 2.45) is 11.8 Å². The number of benzene rings is 1. The van der Waals surface area contributed by atoms with E-state index >= 15 is 0 Å². The summed E-state index contributed by atoms with van der Waals surface area (Å²) < 4.78 is 0. The molecule has 2 nitrogen and oxygen atoms in total. The molecule has 1 aliphatic heterocycles. The average Bonchev–Trinajstić information content (AvgIpc) is 2.58. The van der Waals surface area contributed by atoms with Gasteiger partial charge in [0, 0.05) is 25.3 Å². The SMILES string of the molecule is CC1CCCN(Cc2ccc(NCCC3CCCCC3)cc2)C1. The molecule has 2 aliphatic rings. The first-order chi connectivity index (χ1) is 11.3. The standard InChI is InChI=1S/C21H34N2/c1-18-6-5-15-23(16-18)17-20-9-11-21(12-10-20)22-14-13-19-7-3-2-4-8-19/h9-12,18-19,22H,2-8,13-17H2,1H3. The van der Waals surface area contributed by atoms with Crippen LogP contribution in [-0.4, -0.2) is 24.5 Å². The third kappa shape index (κ3) is 5.53. The van der Waals surface area contributed by atoms with Crippen molar-refractivity contribution in [3.63, 3.8) is 0 Å². The van der Waals surface area contributed by atoms with Gasteiger partial charge in [-0.15, -0.1) is 0 Å². The fraction of sp³-hybridized carbons (Fsp3) is 0.714. The van der Waals surface area contributed by atoms with Gasteiger partial charge < -0.3 is 5.32 Å². The molecule has 0 spiro atoms. The van der Waals surface area contributed by atoms with Gasteiger partial charge in [0.1, 0.15) is 0 Å². The van der Waals surface area contributed by atoms with E-state index in [2.05, 4.69) is 41.4 Å². The summed E-state index contributed by atoms with van der Waals surface area (Å²) >= 11 is 0. The number of hydrogen-bond acceptors (Lipinski definition) is 2. The van der Waals surface area contributed by atoms with Gasteiger partial charge in [0.05, 0.1) is 0 Å². The van der Waals surface area contributed by atoms with E-state index in [4.69, 9.17) is 0 Å². The van der Waals surface area contributed by atoms with Crippen molar-refractivity contribution in [2.75, 3.05) is 25.0 Å². The van der Waals surface area contributed by atoms with Crippen molar-refractivity contribution < 1.29 is 0 Å². The molecule has 1 saturated carbocycles. The second kappa shape index (κ2) is 8.73. The van der Waals surface area contributed by atoms with Gasteiger partial charge in [0.15, 0.2) is 0 Å². The Morgan fingerprint density at radius 1 is 1.00 bits per heavy atom. The summed E-state index contributed by atoms with van der Waals surface area (Å²) in [7, 11) is 0. The molecule has 2 heteroatoms. The zero-order chi connectivity index (χ0) is 15.9. The minimum atomic E-state index is 0.865. The van der Waals surface area contributed by atoms with E-state index < -0.39 is 0 Å². The number of rotatable bonds is 6. The van der Waals surface area contributed by atoms with Crippen LogP contribution in [0.15, 0.2) is 24.3 Å². The molecule has 1 heterocycles. The Bertz CT molecular complexity index is 447. The molecule has 1 aromatic rings. The van der Waals surface area contributed by atoms with Gasteiger partial charge >= 0.3 is 0 Å². The summed E-state index contributed by atoms with van der Waals surface area (Å²) in [6.45, 7) is 7.17. The average molecular weight is 315 g/mol. The number of piperidine rings is 1. The van der Waals surface area contributed by atoms with Gasteiger partial charge in [-0.3, -0.25) is 4.90 Å². The molecule has 1 saturated heterocycles. The quantitative estimate of drug-likeness (QED) is 0.766. The Labute approximate surface area is 142 Å². The molecule has 3 rings (SSSR count). The number of nitrogens with one attached hydrogen (secondary N) is 1. The van der Waals surface area contributed by atoms with E-state index in [9.17, 15) is 0 Å². The number of hydrogen-bond donors (Lipinski definition) is 1. The van der Waals surface area contributed by atoms with E-state index in [1.807, 2.05) is 0 Å². The van der Waals surface area contributed by atoms with Crippen molar-refractivity contribution in [1.82, 2.24) is 4.90 Å². The van der Waals surface area contributed by atoms with Crippen molar-refractivity contribution in [2.45, 2.75) is 64.8 Å². The summed E-state index contributed by atoms with van der Waals surface area (Å²) in [5.74, 6) is 1.83. The van der Waals surface area contributed by atoms with Gasteiger partial charge in [-0.25, -0.2) is 0 Å². The maximum Gasteiger partial charge on any atom is 0.0340 e. The Morgan fingerprint density at radius 3 is 2.52 bits per heavy atom. The lowest BCUT2D eigenvalue weighted by molar-refractivity contribution is 0.176. The predicted molar refractivity (Wildman–Crippen MR) is 99.8 cm³/mol. The van der Waals surface area contributed by atoms with Crippen LogP contribution in [0.2, 0.25) is 0 Å². The molecule has 1 aromatic carbocycles. The van der Waals surface area contributed by atoms with E-state index in [-0.39, 0.29) is 0 Å². The molecule has 23 heavy (non-hydrogen) atoms. The fourth-order valence-corrected chi connectivity index (χ4v) is 4.31. The van der Waals surface area contributed by atoms with Crippen LogP contribution < -0.4 is 5.32 Å². The highest BCUT2D eigenvalue weighted by Gasteiger charge is 2.16. The topological polar surface area (TPSA) is 15.3 Å². The van der Waals surface area contributed by atoms with Gasteiger partial charge in [0.25, 0.3) is 0 Å². The van der Waals surface area contributed by atoms with Crippen molar-refractivity contribution >= 4 is 5.69 Å². The number of nitrogens with zero attached hydrogens (tertiary/aromatic N) is 1. The zero-order valence-electron chi connectivity index (χ0n) is 14.9. The van der Waals surface area contributed by atoms with E-state index in [0.717, 1.165) is 24.9 Å². The lowest BCUT2D eigenvalue weighted by atomic mass is 9.87. The lowest BCUT2D eigenvalue weighted by Gasteiger charge is -2.30. The Kier molecular flexibility index (Phi) is 6.38. The van der Waals surface area contributed by atoms with Gasteiger partial charge in [-0.1, -0.05) is 51.2 Å². The monoisotopic (exact) mass is 314 g/mol. The number of anilines is 1. The first kappa shape index (κ1) is 16.8. The van der Waals surface area contributed by atoms with Gasteiger partial charge in [-0.2, -0.15) is 0 Å².